The number of rotatable bonds is 6. The first-order chi connectivity index (χ1) is 7.76. The maximum atomic E-state index is 11.9. The quantitative estimate of drug-likeness (QED) is 0.788. The van der Waals surface area contributed by atoms with Gasteiger partial charge in [0.2, 0.25) is 0 Å². The van der Waals surface area contributed by atoms with Crippen LogP contribution in [0.5, 0.6) is 0 Å². The number of halogens is 3. The molecule has 0 fully saturated rings. The highest BCUT2D eigenvalue weighted by Gasteiger charge is 2.28. The number of carbonyl (C=O) groups is 1. The molecule has 4 nitrogen and oxygen atoms in total. The van der Waals surface area contributed by atoms with Crippen LogP contribution >= 0.6 is 0 Å². The first-order valence-electron chi connectivity index (χ1n) is 5.34. The molecule has 0 aromatic rings. The summed E-state index contributed by atoms with van der Waals surface area (Å²) in [6, 6.07) is -0.715. The van der Waals surface area contributed by atoms with Gasteiger partial charge >= 0.3 is 12.2 Å². The van der Waals surface area contributed by atoms with Crippen LogP contribution in [-0.2, 0) is 4.74 Å². The van der Waals surface area contributed by atoms with Gasteiger partial charge in [0.05, 0.1) is 6.61 Å². The molecule has 0 aliphatic heterocycles. The van der Waals surface area contributed by atoms with Crippen molar-refractivity contribution in [3.8, 4) is 0 Å². The largest absolute Gasteiger partial charge is 0.405 e. The molecule has 0 heterocycles. The zero-order chi connectivity index (χ0) is 13.5. The minimum atomic E-state index is -4.39. The zero-order valence-electron chi connectivity index (χ0n) is 10.3. The fourth-order valence-electron chi connectivity index (χ4n) is 1.21. The monoisotopic (exact) mass is 256 g/mol. The number of alkyl halides is 3. The van der Waals surface area contributed by atoms with Crippen LogP contribution in [0.2, 0.25) is 0 Å². The first-order valence-corrected chi connectivity index (χ1v) is 5.34. The maximum Gasteiger partial charge on any atom is 0.405 e. The molecule has 0 atom stereocenters. The van der Waals surface area contributed by atoms with E-state index in [1.165, 1.54) is 12.0 Å². The molecule has 0 bridgehead atoms. The van der Waals surface area contributed by atoms with Crippen LogP contribution in [0, 0.1) is 5.92 Å². The molecule has 7 heteroatoms. The number of hydrogen-bond donors (Lipinski definition) is 1. The highest BCUT2D eigenvalue weighted by Crippen LogP contribution is 2.12. The molecule has 0 aliphatic carbocycles. The summed E-state index contributed by atoms with van der Waals surface area (Å²) in [4.78, 5) is 12.8. The summed E-state index contributed by atoms with van der Waals surface area (Å²) in [7, 11) is 1.47. The minimum Gasteiger partial charge on any atom is -0.383 e. The summed E-state index contributed by atoms with van der Waals surface area (Å²) >= 11 is 0. The van der Waals surface area contributed by atoms with Gasteiger partial charge in [-0.1, -0.05) is 13.8 Å². The van der Waals surface area contributed by atoms with Gasteiger partial charge in [-0.2, -0.15) is 13.2 Å². The van der Waals surface area contributed by atoms with Crippen molar-refractivity contribution in [2.75, 3.05) is 33.4 Å². The van der Waals surface area contributed by atoms with Crippen LogP contribution in [0.1, 0.15) is 13.8 Å². The van der Waals surface area contributed by atoms with Gasteiger partial charge in [0.15, 0.2) is 0 Å². The van der Waals surface area contributed by atoms with Crippen LogP contribution in [0.3, 0.4) is 0 Å². The van der Waals surface area contributed by atoms with Gasteiger partial charge in [0.25, 0.3) is 0 Å². The van der Waals surface area contributed by atoms with Crippen molar-refractivity contribution in [1.29, 1.82) is 0 Å². The van der Waals surface area contributed by atoms with Crippen molar-refractivity contribution in [3.63, 3.8) is 0 Å². The topological polar surface area (TPSA) is 41.6 Å². The van der Waals surface area contributed by atoms with Gasteiger partial charge in [-0.3, -0.25) is 0 Å². The number of nitrogens with one attached hydrogen (secondary N) is 1. The van der Waals surface area contributed by atoms with Crippen molar-refractivity contribution in [1.82, 2.24) is 10.2 Å². The fraction of sp³-hybridized carbons (Fsp3) is 0.900. The molecule has 17 heavy (non-hydrogen) atoms. The second kappa shape index (κ2) is 7.37. The Hall–Kier alpha value is -0.980. The normalized spacial score (nSPS) is 11.7. The third-order valence-electron chi connectivity index (χ3n) is 1.88. The molecule has 0 rings (SSSR count). The lowest BCUT2D eigenvalue weighted by Gasteiger charge is -2.24. The molecular formula is C10H19F3N2O2. The zero-order valence-corrected chi connectivity index (χ0v) is 10.3. The minimum absolute atomic E-state index is 0.184. The number of carbonyl (C=O) groups excluding carboxylic acids is 1. The molecule has 1 N–H and O–H groups in total. The molecule has 2 amide bonds. The standard InChI is InChI=1S/C10H19F3N2O2/c1-8(2)6-15(4-5-17-3)9(16)14-7-10(11,12)13/h8H,4-7H2,1-3H3,(H,14,16). The lowest BCUT2D eigenvalue weighted by molar-refractivity contribution is -0.123. The number of urea groups is 1. The van der Waals surface area contributed by atoms with Crippen molar-refractivity contribution in [3.05, 3.63) is 0 Å². The Morgan fingerprint density at radius 2 is 2.00 bits per heavy atom. The molecule has 0 radical (unpaired) electrons. The molecule has 0 aromatic heterocycles. The van der Waals surface area contributed by atoms with Gasteiger partial charge in [-0.25, -0.2) is 4.79 Å². The van der Waals surface area contributed by atoms with Crippen LogP contribution < -0.4 is 5.32 Å². The molecule has 102 valence electrons. The summed E-state index contributed by atoms with van der Waals surface area (Å²) < 4.78 is 40.6. The van der Waals surface area contributed by atoms with E-state index >= 15 is 0 Å². The van der Waals surface area contributed by atoms with Gasteiger partial charge in [-0.15, -0.1) is 0 Å². The molecule has 0 aromatic carbocycles. The van der Waals surface area contributed by atoms with Crippen LogP contribution in [0.4, 0.5) is 18.0 Å². The molecule has 0 saturated heterocycles. The number of amides is 2. The van der Waals surface area contributed by atoms with E-state index in [4.69, 9.17) is 4.74 Å². The van der Waals surface area contributed by atoms with E-state index < -0.39 is 18.8 Å². The highest BCUT2D eigenvalue weighted by atomic mass is 19.4. The molecule has 0 saturated carbocycles. The van der Waals surface area contributed by atoms with Crippen LogP contribution in [-0.4, -0.2) is 50.5 Å². The third kappa shape index (κ3) is 8.79. The second-order valence-corrected chi connectivity index (χ2v) is 4.11. The predicted octanol–water partition coefficient (Wildman–Crippen LogP) is 1.86. The number of methoxy groups -OCH3 is 1. The fourth-order valence-corrected chi connectivity index (χ4v) is 1.21. The summed E-state index contributed by atoms with van der Waals surface area (Å²) in [6.07, 6.45) is -4.39. The number of nitrogens with zero attached hydrogens (tertiary/aromatic N) is 1. The molecular weight excluding hydrogens is 237 g/mol. The van der Waals surface area contributed by atoms with Crippen LogP contribution in [0.15, 0.2) is 0 Å². The van der Waals surface area contributed by atoms with E-state index in [1.54, 1.807) is 0 Å². The van der Waals surface area contributed by atoms with Crippen molar-refractivity contribution in [2.24, 2.45) is 5.92 Å². The number of ether oxygens (including phenoxy) is 1. The van der Waals surface area contributed by atoms with E-state index in [0.717, 1.165) is 0 Å². The summed E-state index contributed by atoms with van der Waals surface area (Å²) in [5, 5.41) is 1.84. The first kappa shape index (κ1) is 16.0. The Bertz CT molecular complexity index is 232. The Morgan fingerprint density at radius 1 is 1.41 bits per heavy atom. The van der Waals surface area contributed by atoms with E-state index in [-0.39, 0.29) is 12.5 Å². The van der Waals surface area contributed by atoms with Crippen molar-refractivity contribution < 1.29 is 22.7 Å². The van der Waals surface area contributed by atoms with E-state index in [9.17, 15) is 18.0 Å². The van der Waals surface area contributed by atoms with Crippen LogP contribution in [0.25, 0.3) is 0 Å². The number of hydrogen-bond acceptors (Lipinski definition) is 2. The second-order valence-electron chi connectivity index (χ2n) is 4.11. The van der Waals surface area contributed by atoms with E-state index in [1.807, 2.05) is 19.2 Å². The lowest BCUT2D eigenvalue weighted by atomic mass is 10.2. The highest BCUT2D eigenvalue weighted by molar-refractivity contribution is 5.74. The summed E-state index contributed by atoms with van der Waals surface area (Å²) in [6.45, 7) is 3.43. The SMILES string of the molecule is COCCN(CC(C)C)C(=O)NCC(F)(F)F. The smallest absolute Gasteiger partial charge is 0.383 e. The van der Waals surface area contributed by atoms with Gasteiger partial charge in [0.1, 0.15) is 6.54 Å². The average molecular weight is 256 g/mol. The van der Waals surface area contributed by atoms with Gasteiger partial charge in [-0.05, 0) is 5.92 Å². The molecule has 0 unspecified atom stereocenters. The summed E-state index contributed by atoms with van der Waals surface area (Å²) in [5.74, 6) is 0.184. The van der Waals surface area contributed by atoms with E-state index in [2.05, 4.69) is 0 Å². The molecule has 0 spiro atoms. The predicted molar refractivity (Wildman–Crippen MR) is 57.7 cm³/mol. The van der Waals surface area contributed by atoms with Crippen molar-refractivity contribution >= 4 is 6.03 Å². The third-order valence-corrected chi connectivity index (χ3v) is 1.88. The van der Waals surface area contributed by atoms with Gasteiger partial charge < -0.3 is 15.0 Å². The summed E-state index contributed by atoms with van der Waals surface area (Å²) in [5.41, 5.74) is 0. The Morgan fingerprint density at radius 3 is 2.41 bits per heavy atom. The Labute approximate surface area is 99.1 Å². The molecule has 0 aliphatic rings. The Kier molecular flexibility index (Phi) is 6.94. The lowest BCUT2D eigenvalue weighted by Crippen LogP contribution is -2.46. The maximum absolute atomic E-state index is 11.9. The Balaban J connectivity index is 4.21. The average Bonchev–Trinajstić information content (AvgIpc) is 2.19. The van der Waals surface area contributed by atoms with Gasteiger partial charge in [0, 0.05) is 20.2 Å². The van der Waals surface area contributed by atoms with Crippen molar-refractivity contribution in [2.45, 2.75) is 20.0 Å². The van der Waals surface area contributed by atoms with E-state index in [0.29, 0.717) is 13.2 Å².